The number of nitrogens with one attached hydrogen (secondary N) is 2. The van der Waals surface area contributed by atoms with Crippen molar-refractivity contribution in [2.45, 2.75) is 49.8 Å². The molecule has 1 fully saturated rings. The van der Waals surface area contributed by atoms with E-state index in [1.165, 1.54) is 0 Å². The molecule has 33 heavy (non-hydrogen) atoms. The van der Waals surface area contributed by atoms with Crippen molar-refractivity contribution in [3.63, 3.8) is 0 Å². The van der Waals surface area contributed by atoms with E-state index in [0.717, 1.165) is 37.3 Å². The molecule has 3 aromatic rings. The van der Waals surface area contributed by atoms with Crippen LogP contribution >= 0.6 is 11.6 Å². The number of halogens is 1. The van der Waals surface area contributed by atoms with Gasteiger partial charge in [0.25, 0.3) is 10.0 Å². The molecule has 2 N–H and O–H groups in total. The predicted octanol–water partition coefficient (Wildman–Crippen LogP) is 4.70. The second-order valence-corrected chi connectivity index (χ2v) is 11.7. The summed E-state index contributed by atoms with van der Waals surface area (Å²) in [6.07, 6.45) is 1.98. The van der Waals surface area contributed by atoms with E-state index in [2.05, 4.69) is 41.0 Å². The maximum Gasteiger partial charge on any atom is 0.261 e. The molecule has 2 aromatic carbocycles. The number of hydrogen-bond donors (Lipinski definition) is 2. The first kappa shape index (κ1) is 23.7. The van der Waals surface area contributed by atoms with Gasteiger partial charge < -0.3 is 9.88 Å². The summed E-state index contributed by atoms with van der Waals surface area (Å²) >= 11 is 6.28. The second-order valence-electron chi connectivity index (χ2n) is 9.53. The molecule has 1 aliphatic rings. The summed E-state index contributed by atoms with van der Waals surface area (Å²) in [6.45, 7) is 8.17. The Morgan fingerprint density at radius 1 is 1.06 bits per heavy atom. The van der Waals surface area contributed by atoms with Gasteiger partial charge in [0.2, 0.25) is 0 Å². The van der Waals surface area contributed by atoms with Crippen LogP contribution in [0.2, 0.25) is 5.02 Å². The smallest absolute Gasteiger partial charge is 0.261 e. The van der Waals surface area contributed by atoms with Gasteiger partial charge in [-0.05, 0) is 67.2 Å². The molecule has 0 atom stereocenters. The van der Waals surface area contributed by atoms with Crippen molar-refractivity contribution in [1.29, 1.82) is 0 Å². The third kappa shape index (κ3) is 5.08. The van der Waals surface area contributed by atoms with Gasteiger partial charge >= 0.3 is 0 Å². The minimum absolute atomic E-state index is 0.0592. The molecule has 0 saturated carbocycles. The molecule has 0 unspecified atom stereocenters. The van der Waals surface area contributed by atoms with E-state index in [1.807, 2.05) is 23.7 Å². The van der Waals surface area contributed by atoms with Gasteiger partial charge in [-0.1, -0.05) is 44.5 Å². The highest BCUT2D eigenvalue weighted by Gasteiger charge is 2.25. The third-order valence-electron chi connectivity index (χ3n) is 6.11. The standard InChI is InChI=1S/C24H30ClN5O2S/c1-24(2,3)17-5-8-19(9-6-17)33(31,32)29-21-10-7-18(25)15-20(21)23-28-27-22(30(23)4)16-11-13-26-14-12-16/h5-10,15-16,26,29H,11-14H2,1-4H3. The molecule has 4 rings (SSSR count). The summed E-state index contributed by atoms with van der Waals surface area (Å²) in [5.74, 6) is 1.79. The molecular weight excluding hydrogens is 458 g/mol. The molecule has 1 aromatic heterocycles. The van der Waals surface area contributed by atoms with E-state index < -0.39 is 10.0 Å². The van der Waals surface area contributed by atoms with Crippen molar-refractivity contribution < 1.29 is 8.42 Å². The van der Waals surface area contributed by atoms with Crippen molar-refractivity contribution in [2.75, 3.05) is 17.8 Å². The summed E-state index contributed by atoms with van der Waals surface area (Å²) in [5, 5.41) is 12.7. The first-order valence-corrected chi connectivity index (χ1v) is 13.0. The molecule has 1 aliphatic heterocycles. The average Bonchev–Trinajstić information content (AvgIpc) is 3.16. The van der Waals surface area contributed by atoms with Gasteiger partial charge in [0.05, 0.1) is 10.6 Å². The predicted molar refractivity (Wildman–Crippen MR) is 132 cm³/mol. The lowest BCUT2D eigenvalue weighted by molar-refractivity contribution is 0.436. The maximum absolute atomic E-state index is 13.2. The summed E-state index contributed by atoms with van der Waals surface area (Å²) in [6, 6.07) is 12.0. The Bertz CT molecular complexity index is 1240. The number of benzene rings is 2. The van der Waals surface area contributed by atoms with Crippen LogP contribution < -0.4 is 10.0 Å². The van der Waals surface area contributed by atoms with Crippen LogP contribution in [0.5, 0.6) is 0 Å². The minimum atomic E-state index is -3.80. The normalized spacial score (nSPS) is 15.5. The maximum atomic E-state index is 13.2. The molecule has 0 spiro atoms. The number of sulfonamides is 1. The van der Waals surface area contributed by atoms with Crippen molar-refractivity contribution >= 4 is 27.3 Å². The number of anilines is 1. The second kappa shape index (κ2) is 9.08. The largest absolute Gasteiger partial charge is 0.317 e. The van der Waals surface area contributed by atoms with Crippen LogP contribution in [0.4, 0.5) is 5.69 Å². The van der Waals surface area contributed by atoms with Crippen molar-refractivity contribution in [3.8, 4) is 11.4 Å². The van der Waals surface area contributed by atoms with Crippen LogP contribution in [0.25, 0.3) is 11.4 Å². The lowest BCUT2D eigenvalue weighted by Gasteiger charge is -2.22. The summed E-state index contributed by atoms with van der Waals surface area (Å²) in [4.78, 5) is 0.199. The highest BCUT2D eigenvalue weighted by Crippen LogP contribution is 2.34. The fraction of sp³-hybridized carbons (Fsp3) is 0.417. The van der Waals surface area contributed by atoms with Gasteiger partial charge in [-0.2, -0.15) is 0 Å². The van der Waals surface area contributed by atoms with E-state index in [0.29, 0.717) is 28.0 Å². The zero-order chi connectivity index (χ0) is 23.8. The Hall–Kier alpha value is -2.42. The zero-order valence-corrected chi connectivity index (χ0v) is 21.0. The highest BCUT2D eigenvalue weighted by atomic mass is 35.5. The van der Waals surface area contributed by atoms with Gasteiger partial charge in [-0.3, -0.25) is 4.72 Å². The van der Waals surface area contributed by atoms with E-state index in [1.54, 1.807) is 30.3 Å². The lowest BCUT2D eigenvalue weighted by Crippen LogP contribution is -2.27. The Balaban J connectivity index is 1.67. The third-order valence-corrected chi connectivity index (χ3v) is 7.73. The fourth-order valence-electron chi connectivity index (χ4n) is 4.14. The van der Waals surface area contributed by atoms with Gasteiger partial charge in [-0.25, -0.2) is 8.42 Å². The van der Waals surface area contributed by atoms with Crippen molar-refractivity contribution in [3.05, 3.63) is 58.9 Å². The molecule has 1 saturated heterocycles. The zero-order valence-electron chi connectivity index (χ0n) is 19.4. The summed E-state index contributed by atoms with van der Waals surface area (Å²) < 4.78 is 31.0. The molecule has 0 amide bonds. The van der Waals surface area contributed by atoms with Crippen LogP contribution in [-0.2, 0) is 22.5 Å². The fourth-order valence-corrected chi connectivity index (χ4v) is 5.39. The van der Waals surface area contributed by atoms with Crippen molar-refractivity contribution in [1.82, 2.24) is 20.1 Å². The summed E-state index contributed by atoms with van der Waals surface area (Å²) in [5.41, 5.74) is 2.01. The first-order valence-electron chi connectivity index (χ1n) is 11.1. The molecule has 176 valence electrons. The van der Waals surface area contributed by atoms with Crippen molar-refractivity contribution in [2.24, 2.45) is 7.05 Å². The van der Waals surface area contributed by atoms with Crippen LogP contribution in [0.15, 0.2) is 47.4 Å². The number of hydrogen-bond acceptors (Lipinski definition) is 5. The number of aromatic nitrogens is 3. The minimum Gasteiger partial charge on any atom is -0.317 e. The van der Waals surface area contributed by atoms with Crippen LogP contribution in [0, 0.1) is 0 Å². The number of rotatable bonds is 5. The topological polar surface area (TPSA) is 88.9 Å². The quantitative estimate of drug-likeness (QED) is 0.544. The molecule has 9 heteroatoms. The SMILES string of the molecule is Cn1c(-c2cc(Cl)ccc2NS(=O)(=O)c2ccc(C(C)(C)C)cc2)nnc1C1CCNCC1. The molecule has 0 radical (unpaired) electrons. The van der Waals surface area contributed by atoms with E-state index in [9.17, 15) is 8.42 Å². The first-order chi connectivity index (χ1) is 15.6. The van der Waals surface area contributed by atoms with E-state index >= 15 is 0 Å². The molecule has 2 heterocycles. The Morgan fingerprint density at radius 2 is 1.73 bits per heavy atom. The monoisotopic (exact) mass is 487 g/mol. The van der Waals surface area contributed by atoms with Gasteiger partial charge in [-0.15, -0.1) is 10.2 Å². The Labute approximate surface area is 200 Å². The molecule has 0 aliphatic carbocycles. The highest BCUT2D eigenvalue weighted by molar-refractivity contribution is 7.92. The molecule has 7 nitrogen and oxygen atoms in total. The Kier molecular flexibility index (Phi) is 6.53. The Morgan fingerprint density at radius 3 is 2.36 bits per heavy atom. The van der Waals surface area contributed by atoms with E-state index in [4.69, 9.17) is 11.6 Å². The summed E-state index contributed by atoms with van der Waals surface area (Å²) in [7, 11) is -1.89. The van der Waals surface area contributed by atoms with Crippen LogP contribution in [0.3, 0.4) is 0 Å². The van der Waals surface area contributed by atoms with Crippen LogP contribution in [0.1, 0.15) is 50.9 Å². The van der Waals surface area contributed by atoms with Gasteiger partial charge in [0.15, 0.2) is 5.82 Å². The van der Waals surface area contributed by atoms with Gasteiger partial charge in [0.1, 0.15) is 5.82 Å². The molecular formula is C24H30ClN5O2S. The average molecular weight is 488 g/mol. The van der Waals surface area contributed by atoms with E-state index in [-0.39, 0.29) is 10.3 Å². The molecule has 0 bridgehead atoms. The number of piperidine rings is 1. The van der Waals surface area contributed by atoms with Crippen LogP contribution in [-0.4, -0.2) is 36.3 Å². The van der Waals surface area contributed by atoms with Gasteiger partial charge in [0, 0.05) is 23.6 Å². The number of nitrogens with zero attached hydrogens (tertiary/aromatic N) is 3. The lowest BCUT2D eigenvalue weighted by atomic mass is 9.87.